The summed E-state index contributed by atoms with van der Waals surface area (Å²) < 4.78 is 5.49. The summed E-state index contributed by atoms with van der Waals surface area (Å²) in [5.41, 5.74) is 2.64. The number of phenols is 1. The van der Waals surface area contributed by atoms with Crippen molar-refractivity contribution in [3.8, 4) is 11.5 Å². The van der Waals surface area contributed by atoms with E-state index in [0.717, 1.165) is 0 Å². The van der Waals surface area contributed by atoms with Gasteiger partial charge in [-0.1, -0.05) is 46.4 Å². The Morgan fingerprint density at radius 2 is 1.85 bits per heavy atom. The molecule has 0 atom stereocenters. The number of hydrazone groups is 1. The van der Waals surface area contributed by atoms with Crippen LogP contribution in [-0.2, 0) is 4.79 Å². The summed E-state index contributed by atoms with van der Waals surface area (Å²) in [5.74, 6) is 0.0322. The fraction of sp³-hybridized carbons (Fsp3) is 0.176. The van der Waals surface area contributed by atoms with E-state index in [2.05, 4.69) is 10.5 Å². The second-order valence-electron chi connectivity index (χ2n) is 5.15. The lowest BCUT2D eigenvalue weighted by Crippen LogP contribution is -2.18. The zero-order valence-electron chi connectivity index (χ0n) is 13.3. The van der Waals surface area contributed by atoms with Gasteiger partial charge in [-0.3, -0.25) is 4.79 Å². The molecule has 0 saturated carbocycles. The Balaban J connectivity index is 1.75. The Morgan fingerprint density at radius 3 is 2.58 bits per heavy atom. The number of benzene rings is 2. The molecule has 0 aromatic heterocycles. The Bertz CT molecular complexity index is 828. The molecule has 0 aliphatic rings. The van der Waals surface area contributed by atoms with Gasteiger partial charge in [0.2, 0.25) is 5.91 Å². The maximum Gasteiger partial charge on any atom is 0.240 e. The van der Waals surface area contributed by atoms with Crippen LogP contribution in [-0.4, -0.2) is 23.8 Å². The molecule has 1 amide bonds. The van der Waals surface area contributed by atoms with E-state index >= 15 is 0 Å². The smallest absolute Gasteiger partial charge is 0.240 e. The van der Waals surface area contributed by atoms with Crippen molar-refractivity contribution in [3.05, 3.63) is 56.0 Å². The van der Waals surface area contributed by atoms with Crippen LogP contribution in [0.5, 0.6) is 11.5 Å². The number of aromatic hydroxyl groups is 1. The first-order chi connectivity index (χ1) is 12.4. The maximum atomic E-state index is 11.7. The van der Waals surface area contributed by atoms with Gasteiger partial charge in [-0.15, -0.1) is 0 Å². The predicted molar refractivity (Wildman–Crippen MR) is 105 cm³/mol. The lowest BCUT2D eigenvalue weighted by Gasteiger charge is -2.07. The van der Waals surface area contributed by atoms with Gasteiger partial charge in [0.25, 0.3) is 0 Å². The number of nitrogens with one attached hydrogen (secondary N) is 1. The molecule has 2 N–H and O–H groups in total. The van der Waals surface area contributed by atoms with Gasteiger partial charge in [-0.25, -0.2) is 5.43 Å². The van der Waals surface area contributed by atoms with Crippen molar-refractivity contribution in [3.63, 3.8) is 0 Å². The highest BCUT2D eigenvalue weighted by Crippen LogP contribution is 2.30. The number of ether oxygens (including phenoxy) is 1. The molecule has 2 rings (SSSR count). The van der Waals surface area contributed by atoms with Crippen LogP contribution in [0.3, 0.4) is 0 Å². The van der Waals surface area contributed by atoms with Crippen molar-refractivity contribution in [1.29, 1.82) is 0 Å². The van der Waals surface area contributed by atoms with Gasteiger partial charge in [-0.05, 0) is 36.8 Å². The van der Waals surface area contributed by atoms with Gasteiger partial charge in [0.15, 0.2) is 0 Å². The lowest BCUT2D eigenvalue weighted by atomic mass is 10.2. The van der Waals surface area contributed by atoms with Crippen molar-refractivity contribution in [2.45, 2.75) is 12.8 Å². The molecule has 0 unspecified atom stereocenters. The fourth-order valence-corrected chi connectivity index (χ4v) is 2.89. The first kappa shape index (κ1) is 20.6. The number of hydrogen-bond acceptors (Lipinski definition) is 4. The van der Waals surface area contributed by atoms with Crippen molar-refractivity contribution in [2.24, 2.45) is 5.10 Å². The number of rotatable bonds is 7. The molecule has 0 fully saturated rings. The Labute approximate surface area is 170 Å². The Morgan fingerprint density at radius 1 is 1.12 bits per heavy atom. The first-order valence-electron chi connectivity index (χ1n) is 7.44. The van der Waals surface area contributed by atoms with Crippen molar-refractivity contribution in [1.82, 2.24) is 5.43 Å². The molecular weight excluding hydrogens is 422 g/mol. The molecule has 2 aromatic rings. The molecular formula is C17H14Cl4N2O3. The normalized spacial score (nSPS) is 10.9. The van der Waals surface area contributed by atoms with Crippen LogP contribution in [0.2, 0.25) is 20.1 Å². The van der Waals surface area contributed by atoms with Gasteiger partial charge >= 0.3 is 0 Å². The molecule has 0 aliphatic carbocycles. The van der Waals surface area contributed by atoms with E-state index in [9.17, 15) is 9.90 Å². The molecule has 0 spiro atoms. The molecule has 0 saturated heterocycles. The van der Waals surface area contributed by atoms with Crippen LogP contribution >= 0.6 is 46.4 Å². The summed E-state index contributed by atoms with van der Waals surface area (Å²) in [5, 5.41) is 14.9. The van der Waals surface area contributed by atoms with Gasteiger partial charge in [0, 0.05) is 22.0 Å². The third kappa shape index (κ3) is 6.25. The zero-order valence-corrected chi connectivity index (χ0v) is 16.3. The zero-order chi connectivity index (χ0) is 19.1. The third-order valence-electron chi connectivity index (χ3n) is 3.15. The number of phenolic OH excluding ortho intramolecular Hbond substituents is 1. The highest BCUT2D eigenvalue weighted by Gasteiger charge is 2.07. The van der Waals surface area contributed by atoms with Crippen molar-refractivity contribution >= 4 is 58.5 Å². The number of hydrogen-bond donors (Lipinski definition) is 2. The van der Waals surface area contributed by atoms with Crippen LogP contribution in [0, 0.1) is 0 Å². The molecule has 0 heterocycles. The fourth-order valence-electron chi connectivity index (χ4n) is 1.92. The quantitative estimate of drug-likeness (QED) is 0.351. The summed E-state index contributed by atoms with van der Waals surface area (Å²) in [6.07, 6.45) is 1.92. The highest BCUT2D eigenvalue weighted by molar-refractivity contribution is 6.36. The molecule has 9 heteroatoms. The minimum absolute atomic E-state index is 0.100. The molecule has 138 valence electrons. The average molecular weight is 436 g/mol. The van der Waals surface area contributed by atoms with Crippen LogP contribution in [0.1, 0.15) is 18.4 Å². The van der Waals surface area contributed by atoms with Crippen LogP contribution in [0.4, 0.5) is 0 Å². The third-order valence-corrected chi connectivity index (χ3v) is 4.19. The van der Waals surface area contributed by atoms with Crippen molar-refractivity contribution < 1.29 is 14.6 Å². The average Bonchev–Trinajstić information content (AvgIpc) is 2.57. The molecule has 0 radical (unpaired) electrons. The molecule has 2 aromatic carbocycles. The summed E-state index contributed by atoms with van der Waals surface area (Å²) in [4.78, 5) is 11.7. The monoisotopic (exact) mass is 434 g/mol. The van der Waals surface area contributed by atoms with Crippen LogP contribution in [0.25, 0.3) is 0 Å². The summed E-state index contributed by atoms with van der Waals surface area (Å²) in [6, 6.07) is 7.79. The number of carbonyl (C=O) groups is 1. The van der Waals surface area contributed by atoms with Gasteiger partial charge in [0.1, 0.15) is 11.5 Å². The number of nitrogens with zero attached hydrogens (tertiary/aromatic N) is 1. The minimum Gasteiger partial charge on any atom is -0.506 e. The predicted octanol–water partition coefficient (Wildman–Crippen LogP) is 5.32. The Kier molecular flexibility index (Phi) is 7.85. The molecule has 0 bridgehead atoms. The molecule has 26 heavy (non-hydrogen) atoms. The van der Waals surface area contributed by atoms with E-state index < -0.39 is 0 Å². The molecule has 0 aliphatic heterocycles. The lowest BCUT2D eigenvalue weighted by molar-refractivity contribution is -0.121. The summed E-state index contributed by atoms with van der Waals surface area (Å²) >= 11 is 23.4. The van der Waals surface area contributed by atoms with E-state index in [0.29, 0.717) is 39.4 Å². The number of carbonyl (C=O) groups excluding carboxylic acids is 1. The van der Waals surface area contributed by atoms with Gasteiger partial charge in [0.05, 0.1) is 22.9 Å². The second kappa shape index (κ2) is 9.88. The van der Waals surface area contributed by atoms with Crippen LogP contribution < -0.4 is 10.2 Å². The SMILES string of the molecule is O=C(CCCOc1ccc(Cl)cc1Cl)N/N=C/c1cc(Cl)cc(Cl)c1O. The van der Waals surface area contributed by atoms with E-state index in [1.54, 1.807) is 18.2 Å². The van der Waals surface area contributed by atoms with Crippen LogP contribution in [0.15, 0.2) is 35.4 Å². The second-order valence-corrected chi connectivity index (χ2v) is 6.83. The van der Waals surface area contributed by atoms with Crippen molar-refractivity contribution in [2.75, 3.05) is 6.61 Å². The van der Waals surface area contributed by atoms with Gasteiger partial charge in [-0.2, -0.15) is 5.10 Å². The van der Waals surface area contributed by atoms with E-state index in [1.807, 2.05) is 0 Å². The molecule has 5 nitrogen and oxygen atoms in total. The Hall–Kier alpha value is -1.66. The summed E-state index contributed by atoms with van der Waals surface area (Å²) in [7, 11) is 0. The maximum absolute atomic E-state index is 11.7. The number of amides is 1. The summed E-state index contributed by atoms with van der Waals surface area (Å²) in [6.45, 7) is 0.309. The highest BCUT2D eigenvalue weighted by atomic mass is 35.5. The first-order valence-corrected chi connectivity index (χ1v) is 8.96. The van der Waals surface area contributed by atoms with Gasteiger partial charge < -0.3 is 9.84 Å². The van der Waals surface area contributed by atoms with E-state index in [-0.39, 0.29) is 23.1 Å². The largest absolute Gasteiger partial charge is 0.506 e. The topological polar surface area (TPSA) is 70.9 Å². The minimum atomic E-state index is -0.306. The van der Waals surface area contributed by atoms with E-state index in [4.69, 9.17) is 51.1 Å². The van der Waals surface area contributed by atoms with E-state index in [1.165, 1.54) is 18.3 Å². The number of halogens is 4. The standard InChI is InChI=1S/C17H14Cl4N2O3/c18-11-3-4-15(13(20)7-11)26-5-1-2-16(24)23-22-9-10-6-12(19)8-14(21)17(10)25/h3-4,6-9,25H,1-2,5H2,(H,23,24)/b22-9+.